The number of nitrogens with zero attached hydrogens (tertiary/aromatic N) is 1. The Kier molecular flexibility index (Phi) is 3.82. The van der Waals surface area contributed by atoms with E-state index in [1.54, 1.807) is 0 Å². The summed E-state index contributed by atoms with van der Waals surface area (Å²) in [5.74, 6) is 0. The van der Waals surface area contributed by atoms with Crippen LogP contribution in [0.1, 0.15) is 11.6 Å². The molecule has 0 bridgehead atoms. The van der Waals surface area contributed by atoms with Crippen LogP contribution in [0.4, 0.5) is 0 Å². The maximum absolute atomic E-state index is 6.19. The number of morpholine rings is 1. The van der Waals surface area contributed by atoms with E-state index in [9.17, 15) is 0 Å². The Labute approximate surface area is 101 Å². The van der Waals surface area contributed by atoms with Crippen LogP contribution in [0, 0.1) is 0 Å². The fourth-order valence-corrected chi connectivity index (χ4v) is 2.16. The average Bonchev–Trinajstić information content (AvgIpc) is 2.28. The summed E-state index contributed by atoms with van der Waals surface area (Å²) < 4.78 is 5.69. The van der Waals surface area contributed by atoms with Crippen molar-refractivity contribution >= 4 is 11.6 Å². The lowest BCUT2D eigenvalue weighted by Crippen LogP contribution is -2.45. The van der Waals surface area contributed by atoms with Gasteiger partial charge in [0.15, 0.2) is 0 Å². The summed E-state index contributed by atoms with van der Waals surface area (Å²) in [5, 5.41) is 0.720. The Morgan fingerprint density at radius 1 is 1.56 bits per heavy atom. The third kappa shape index (κ3) is 2.74. The van der Waals surface area contributed by atoms with Crippen LogP contribution in [-0.2, 0) is 4.74 Å². The summed E-state index contributed by atoms with van der Waals surface area (Å²) in [6, 6.07) is 7.57. The van der Waals surface area contributed by atoms with E-state index in [2.05, 4.69) is 11.9 Å². The Morgan fingerprint density at radius 3 is 3.06 bits per heavy atom. The summed E-state index contributed by atoms with van der Waals surface area (Å²) in [6.45, 7) is 2.59. The van der Waals surface area contributed by atoms with E-state index in [-0.39, 0.29) is 12.1 Å². The first kappa shape index (κ1) is 11.9. The lowest BCUT2D eigenvalue weighted by molar-refractivity contribution is -0.0326. The van der Waals surface area contributed by atoms with Crippen molar-refractivity contribution in [3.63, 3.8) is 0 Å². The number of nitrogens with two attached hydrogens (primary N) is 1. The number of rotatable bonds is 2. The summed E-state index contributed by atoms with van der Waals surface area (Å²) >= 11 is 5.95. The van der Waals surface area contributed by atoms with E-state index < -0.39 is 0 Å². The smallest absolute Gasteiger partial charge is 0.0894 e. The van der Waals surface area contributed by atoms with Crippen LogP contribution >= 0.6 is 11.6 Å². The fourth-order valence-electron chi connectivity index (χ4n) is 1.96. The van der Waals surface area contributed by atoms with Crippen LogP contribution in [-0.4, -0.2) is 37.7 Å². The zero-order chi connectivity index (χ0) is 11.5. The number of likely N-dealkylation sites (N-methyl/N-ethyl adjacent to an activating group) is 1. The molecular weight excluding hydrogens is 224 g/mol. The molecule has 1 aromatic rings. The standard InChI is InChI=1S/C12H17ClN2O/c1-15-5-6-16-11(8-15)12(14)9-3-2-4-10(13)7-9/h2-4,7,11-12H,5-6,8,14H2,1H3. The highest BCUT2D eigenvalue weighted by Crippen LogP contribution is 2.22. The largest absolute Gasteiger partial charge is 0.374 e. The predicted molar refractivity (Wildman–Crippen MR) is 65.6 cm³/mol. The summed E-state index contributed by atoms with van der Waals surface area (Å²) in [7, 11) is 2.08. The minimum atomic E-state index is -0.110. The molecule has 2 N–H and O–H groups in total. The molecule has 2 rings (SSSR count). The molecule has 1 fully saturated rings. The van der Waals surface area contributed by atoms with Gasteiger partial charge in [-0.05, 0) is 24.7 Å². The Hall–Kier alpha value is -0.610. The van der Waals surface area contributed by atoms with Gasteiger partial charge in [0.1, 0.15) is 0 Å². The van der Waals surface area contributed by atoms with Crippen LogP contribution in [0.25, 0.3) is 0 Å². The van der Waals surface area contributed by atoms with Crippen LogP contribution < -0.4 is 5.73 Å². The molecule has 3 nitrogen and oxygen atoms in total. The van der Waals surface area contributed by atoms with Crippen molar-refractivity contribution in [2.24, 2.45) is 5.73 Å². The summed E-state index contributed by atoms with van der Waals surface area (Å²) in [5.41, 5.74) is 7.23. The van der Waals surface area contributed by atoms with Gasteiger partial charge >= 0.3 is 0 Å². The lowest BCUT2D eigenvalue weighted by atomic mass is 10.0. The molecule has 1 aliphatic heterocycles. The molecule has 88 valence electrons. The Bertz CT molecular complexity index is 359. The minimum absolute atomic E-state index is 0.0530. The van der Waals surface area contributed by atoms with Crippen LogP contribution in [0.5, 0.6) is 0 Å². The van der Waals surface area contributed by atoms with E-state index >= 15 is 0 Å². The third-order valence-electron chi connectivity index (χ3n) is 2.93. The molecule has 0 spiro atoms. The minimum Gasteiger partial charge on any atom is -0.374 e. The molecule has 1 heterocycles. The third-order valence-corrected chi connectivity index (χ3v) is 3.17. The molecule has 2 unspecified atom stereocenters. The first-order chi connectivity index (χ1) is 7.66. The summed E-state index contributed by atoms with van der Waals surface area (Å²) in [4.78, 5) is 2.23. The number of benzene rings is 1. The van der Waals surface area contributed by atoms with Gasteiger partial charge in [0.2, 0.25) is 0 Å². The van der Waals surface area contributed by atoms with Crippen molar-refractivity contribution in [1.82, 2.24) is 4.90 Å². The normalized spacial score (nSPS) is 24.3. The van der Waals surface area contributed by atoms with Crippen molar-refractivity contribution in [3.8, 4) is 0 Å². The second-order valence-corrected chi connectivity index (χ2v) is 4.69. The molecule has 0 aromatic heterocycles. The predicted octanol–water partition coefficient (Wildman–Crippen LogP) is 1.67. The second kappa shape index (κ2) is 5.15. The van der Waals surface area contributed by atoms with Gasteiger partial charge in [0.25, 0.3) is 0 Å². The van der Waals surface area contributed by atoms with Gasteiger partial charge in [0, 0.05) is 18.1 Å². The van der Waals surface area contributed by atoms with E-state index in [1.165, 1.54) is 0 Å². The van der Waals surface area contributed by atoms with E-state index in [0.717, 1.165) is 30.3 Å². The zero-order valence-corrected chi connectivity index (χ0v) is 10.2. The van der Waals surface area contributed by atoms with Crippen molar-refractivity contribution in [2.75, 3.05) is 26.7 Å². The topological polar surface area (TPSA) is 38.5 Å². The van der Waals surface area contributed by atoms with E-state index in [1.807, 2.05) is 24.3 Å². The molecule has 1 saturated heterocycles. The number of halogens is 1. The zero-order valence-electron chi connectivity index (χ0n) is 9.40. The maximum Gasteiger partial charge on any atom is 0.0894 e. The lowest BCUT2D eigenvalue weighted by Gasteiger charge is -2.33. The molecule has 1 aliphatic rings. The van der Waals surface area contributed by atoms with Crippen LogP contribution in [0.2, 0.25) is 5.02 Å². The maximum atomic E-state index is 6.19. The number of ether oxygens (including phenoxy) is 1. The van der Waals surface area contributed by atoms with Gasteiger partial charge in [-0.1, -0.05) is 23.7 Å². The van der Waals surface area contributed by atoms with Gasteiger partial charge in [-0.15, -0.1) is 0 Å². The second-order valence-electron chi connectivity index (χ2n) is 4.25. The molecule has 0 radical (unpaired) electrons. The van der Waals surface area contributed by atoms with Crippen molar-refractivity contribution in [2.45, 2.75) is 12.1 Å². The first-order valence-corrected chi connectivity index (χ1v) is 5.86. The molecule has 1 aromatic carbocycles. The average molecular weight is 241 g/mol. The SMILES string of the molecule is CN1CCOC(C(N)c2cccc(Cl)c2)C1. The Balaban J connectivity index is 2.09. The molecule has 4 heteroatoms. The van der Waals surface area contributed by atoms with Crippen molar-refractivity contribution < 1.29 is 4.74 Å². The van der Waals surface area contributed by atoms with Crippen LogP contribution in [0.3, 0.4) is 0 Å². The molecule has 0 aliphatic carbocycles. The number of hydrogen-bond donors (Lipinski definition) is 1. The van der Waals surface area contributed by atoms with Gasteiger partial charge < -0.3 is 15.4 Å². The molecule has 2 atom stereocenters. The molecule has 0 amide bonds. The highest BCUT2D eigenvalue weighted by molar-refractivity contribution is 6.30. The highest BCUT2D eigenvalue weighted by Gasteiger charge is 2.25. The molecule has 0 saturated carbocycles. The number of hydrogen-bond acceptors (Lipinski definition) is 3. The quantitative estimate of drug-likeness (QED) is 0.855. The van der Waals surface area contributed by atoms with Gasteiger partial charge in [-0.2, -0.15) is 0 Å². The van der Waals surface area contributed by atoms with Gasteiger partial charge in [-0.25, -0.2) is 0 Å². The molecular formula is C12H17ClN2O. The van der Waals surface area contributed by atoms with E-state index in [4.69, 9.17) is 22.1 Å². The summed E-state index contributed by atoms with van der Waals surface area (Å²) in [6.07, 6.45) is 0.0530. The van der Waals surface area contributed by atoms with E-state index in [0.29, 0.717) is 0 Å². The van der Waals surface area contributed by atoms with Crippen LogP contribution in [0.15, 0.2) is 24.3 Å². The molecule has 16 heavy (non-hydrogen) atoms. The first-order valence-electron chi connectivity index (χ1n) is 5.48. The van der Waals surface area contributed by atoms with Crippen molar-refractivity contribution in [1.29, 1.82) is 0 Å². The van der Waals surface area contributed by atoms with Gasteiger partial charge in [-0.3, -0.25) is 0 Å². The van der Waals surface area contributed by atoms with Crippen molar-refractivity contribution in [3.05, 3.63) is 34.9 Å². The monoisotopic (exact) mass is 240 g/mol. The highest BCUT2D eigenvalue weighted by atomic mass is 35.5. The fraction of sp³-hybridized carbons (Fsp3) is 0.500. The Morgan fingerprint density at radius 2 is 2.38 bits per heavy atom. The van der Waals surface area contributed by atoms with Gasteiger partial charge in [0.05, 0.1) is 18.8 Å².